The fourth-order valence-corrected chi connectivity index (χ4v) is 3.12. The predicted octanol–water partition coefficient (Wildman–Crippen LogP) is 4.52. The lowest BCUT2D eigenvalue weighted by atomic mass is 10.1. The summed E-state index contributed by atoms with van der Waals surface area (Å²) in [5, 5.41) is 7.65. The lowest BCUT2D eigenvalue weighted by molar-refractivity contribution is 0.102. The van der Waals surface area contributed by atoms with Crippen molar-refractivity contribution in [3.05, 3.63) is 64.1 Å². The Kier molecular flexibility index (Phi) is 4.93. The number of benzene rings is 2. The highest BCUT2D eigenvalue weighted by molar-refractivity contribution is 9.10. The number of H-pyrrole nitrogens is 1. The molecule has 116 valence electrons. The van der Waals surface area contributed by atoms with Gasteiger partial charge in [-0.1, -0.05) is 69.7 Å². The first kappa shape index (κ1) is 16.0. The van der Waals surface area contributed by atoms with Crippen LogP contribution >= 0.6 is 27.7 Å². The molecule has 0 radical (unpaired) electrons. The van der Waals surface area contributed by atoms with E-state index in [0.29, 0.717) is 22.3 Å². The van der Waals surface area contributed by atoms with E-state index in [9.17, 15) is 4.79 Å². The van der Waals surface area contributed by atoms with Crippen LogP contribution in [0.1, 0.15) is 15.9 Å². The molecule has 0 unspecified atom stereocenters. The molecule has 1 N–H and O–H groups in total. The molecule has 1 heterocycles. The number of aryl methyl sites for hydroxylation is 1. The maximum Gasteiger partial charge on any atom is 0.209 e. The van der Waals surface area contributed by atoms with Gasteiger partial charge < -0.3 is 0 Å². The summed E-state index contributed by atoms with van der Waals surface area (Å²) in [4.78, 5) is 16.6. The lowest BCUT2D eigenvalue weighted by Gasteiger charge is -1.99. The van der Waals surface area contributed by atoms with Gasteiger partial charge in [0.1, 0.15) is 0 Å². The number of Topliss-reactive ketones (excluding diaryl/α,β-unsaturated/α-hetero) is 1. The molecule has 23 heavy (non-hydrogen) atoms. The van der Waals surface area contributed by atoms with Gasteiger partial charge in [0, 0.05) is 15.6 Å². The molecule has 0 atom stereocenters. The Morgan fingerprint density at radius 3 is 2.74 bits per heavy atom. The second-order valence-corrected chi connectivity index (χ2v) is 6.91. The molecule has 4 nitrogen and oxygen atoms in total. The molecule has 3 aromatic rings. The topological polar surface area (TPSA) is 58.6 Å². The van der Waals surface area contributed by atoms with E-state index >= 15 is 0 Å². The molecule has 3 rings (SSSR count). The van der Waals surface area contributed by atoms with Crippen molar-refractivity contribution < 1.29 is 4.79 Å². The van der Waals surface area contributed by atoms with Gasteiger partial charge in [0.2, 0.25) is 5.16 Å². The molecule has 0 aliphatic heterocycles. The summed E-state index contributed by atoms with van der Waals surface area (Å²) < 4.78 is 0.896. The van der Waals surface area contributed by atoms with Gasteiger partial charge in [0.05, 0.1) is 5.75 Å². The largest absolute Gasteiger partial charge is 0.293 e. The van der Waals surface area contributed by atoms with Crippen molar-refractivity contribution in [2.75, 3.05) is 5.75 Å². The Hall–Kier alpha value is -1.92. The number of aromatic nitrogens is 3. The summed E-state index contributed by atoms with van der Waals surface area (Å²) in [7, 11) is 0. The Bertz CT molecular complexity index is 830. The summed E-state index contributed by atoms with van der Waals surface area (Å²) in [6.07, 6.45) is 0. The zero-order chi connectivity index (χ0) is 16.2. The molecule has 0 bridgehead atoms. The fourth-order valence-electron chi connectivity index (χ4n) is 2.03. The molecular weight excluding hydrogens is 374 g/mol. The average Bonchev–Trinajstić information content (AvgIpc) is 3.02. The molecule has 2 aromatic carbocycles. The average molecular weight is 388 g/mol. The molecule has 0 fully saturated rings. The van der Waals surface area contributed by atoms with Crippen LogP contribution < -0.4 is 0 Å². The van der Waals surface area contributed by atoms with Crippen LogP contribution in [0.3, 0.4) is 0 Å². The second kappa shape index (κ2) is 7.10. The van der Waals surface area contributed by atoms with Crippen LogP contribution in [0.4, 0.5) is 0 Å². The van der Waals surface area contributed by atoms with E-state index in [0.717, 1.165) is 10.0 Å². The maximum atomic E-state index is 12.2. The number of aromatic amines is 1. The van der Waals surface area contributed by atoms with Gasteiger partial charge in [-0.2, -0.15) is 0 Å². The molecule has 0 amide bonds. The molecule has 0 aliphatic carbocycles. The smallest absolute Gasteiger partial charge is 0.209 e. The number of hydrogen-bond donors (Lipinski definition) is 1. The van der Waals surface area contributed by atoms with Crippen molar-refractivity contribution in [1.29, 1.82) is 0 Å². The highest BCUT2D eigenvalue weighted by atomic mass is 79.9. The van der Waals surface area contributed by atoms with Crippen LogP contribution in [0.2, 0.25) is 0 Å². The van der Waals surface area contributed by atoms with Gasteiger partial charge in [-0.05, 0) is 19.1 Å². The summed E-state index contributed by atoms with van der Waals surface area (Å²) >= 11 is 4.70. The van der Waals surface area contributed by atoms with Crippen molar-refractivity contribution in [3.8, 4) is 11.4 Å². The molecular formula is C17H14BrN3OS. The maximum absolute atomic E-state index is 12.2. The number of halogens is 1. The minimum atomic E-state index is 0.0537. The third kappa shape index (κ3) is 4.09. The summed E-state index contributed by atoms with van der Waals surface area (Å²) in [5.41, 5.74) is 2.86. The zero-order valence-corrected chi connectivity index (χ0v) is 14.8. The fraction of sp³-hybridized carbons (Fsp3) is 0.118. The van der Waals surface area contributed by atoms with Crippen molar-refractivity contribution in [1.82, 2.24) is 15.2 Å². The first-order chi connectivity index (χ1) is 11.1. The van der Waals surface area contributed by atoms with Gasteiger partial charge in [-0.15, -0.1) is 5.10 Å². The molecule has 0 spiro atoms. The SMILES string of the molecule is Cc1ccc(-c2nc(SCC(=O)c3cccc(Br)c3)n[nH]2)cc1. The normalized spacial score (nSPS) is 10.7. The van der Waals surface area contributed by atoms with Gasteiger partial charge in [0.15, 0.2) is 11.6 Å². The monoisotopic (exact) mass is 387 g/mol. The van der Waals surface area contributed by atoms with Gasteiger partial charge in [-0.3, -0.25) is 9.89 Å². The van der Waals surface area contributed by atoms with Crippen molar-refractivity contribution >= 4 is 33.5 Å². The van der Waals surface area contributed by atoms with Crippen LogP contribution in [0, 0.1) is 6.92 Å². The van der Waals surface area contributed by atoms with Crippen LogP contribution in [0.25, 0.3) is 11.4 Å². The highest BCUT2D eigenvalue weighted by Crippen LogP contribution is 2.21. The van der Waals surface area contributed by atoms with Gasteiger partial charge in [-0.25, -0.2) is 4.98 Å². The number of rotatable bonds is 5. The van der Waals surface area contributed by atoms with Crippen molar-refractivity contribution in [3.63, 3.8) is 0 Å². The van der Waals surface area contributed by atoms with Crippen molar-refractivity contribution in [2.45, 2.75) is 12.1 Å². The predicted molar refractivity (Wildman–Crippen MR) is 95.8 cm³/mol. The van der Waals surface area contributed by atoms with Gasteiger partial charge in [0.25, 0.3) is 0 Å². The summed E-state index contributed by atoms with van der Waals surface area (Å²) in [6, 6.07) is 15.4. The first-order valence-electron chi connectivity index (χ1n) is 7.03. The summed E-state index contributed by atoms with van der Waals surface area (Å²) in [5.74, 6) is 1.07. The van der Waals surface area contributed by atoms with E-state index in [1.54, 1.807) is 0 Å². The second-order valence-electron chi connectivity index (χ2n) is 5.05. The lowest BCUT2D eigenvalue weighted by Crippen LogP contribution is -2.02. The molecule has 0 saturated carbocycles. The number of thioether (sulfide) groups is 1. The highest BCUT2D eigenvalue weighted by Gasteiger charge is 2.11. The minimum absolute atomic E-state index is 0.0537. The number of ketones is 1. The van der Waals surface area contributed by atoms with E-state index in [2.05, 4.69) is 31.1 Å². The standard InChI is InChI=1S/C17H14BrN3OS/c1-11-5-7-12(8-6-11)16-19-17(21-20-16)23-10-15(22)13-3-2-4-14(18)9-13/h2-9H,10H2,1H3,(H,19,20,21). The quantitative estimate of drug-likeness (QED) is 0.516. The first-order valence-corrected chi connectivity index (χ1v) is 8.81. The minimum Gasteiger partial charge on any atom is -0.293 e. The molecule has 0 saturated heterocycles. The molecule has 1 aromatic heterocycles. The Balaban J connectivity index is 1.65. The van der Waals surface area contributed by atoms with E-state index in [1.807, 2.05) is 55.5 Å². The number of hydrogen-bond acceptors (Lipinski definition) is 4. The van der Waals surface area contributed by atoms with E-state index < -0.39 is 0 Å². The van der Waals surface area contributed by atoms with E-state index in [4.69, 9.17) is 0 Å². The third-order valence-electron chi connectivity index (χ3n) is 3.27. The molecule has 0 aliphatic rings. The number of carbonyl (C=O) groups is 1. The Morgan fingerprint density at radius 2 is 2.00 bits per heavy atom. The van der Waals surface area contributed by atoms with Crippen LogP contribution in [-0.2, 0) is 0 Å². The van der Waals surface area contributed by atoms with Crippen LogP contribution in [0.15, 0.2) is 58.2 Å². The van der Waals surface area contributed by atoms with E-state index in [1.165, 1.54) is 17.3 Å². The number of nitrogens with one attached hydrogen (secondary N) is 1. The van der Waals surface area contributed by atoms with Crippen molar-refractivity contribution in [2.24, 2.45) is 0 Å². The number of carbonyl (C=O) groups excluding carboxylic acids is 1. The Labute approximate surface area is 146 Å². The third-order valence-corrected chi connectivity index (χ3v) is 4.61. The zero-order valence-electron chi connectivity index (χ0n) is 12.4. The molecule has 6 heteroatoms. The Morgan fingerprint density at radius 1 is 1.22 bits per heavy atom. The van der Waals surface area contributed by atoms with Gasteiger partial charge >= 0.3 is 0 Å². The van der Waals surface area contributed by atoms with E-state index in [-0.39, 0.29) is 5.78 Å². The summed E-state index contributed by atoms with van der Waals surface area (Å²) in [6.45, 7) is 2.04. The van der Waals surface area contributed by atoms with Crippen LogP contribution in [0.5, 0.6) is 0 Å². The number of nitrogens with zero attached hydrogens (tertiary/aromatic N) is 2. The van der Waals surface area contributed by atoms with Crippen LogP contribution in [-0.4, -0.2) is 26.7 Å².